The van der Waals surface area contributed by atoms with Crippen molar-refractivity contribution in [3.05, 3.63) is 23.2 Å². The monoisotopic (exact) mass is 268 g/mol. The summed E-state index contributed by atoms with van der Waals surface area (Å²) in [6.45, 7) is 3.68. The van der Waals surface area contributed by atoms with Crippen molar-refractivity contribution in [1.29, 1.82) is 0 Å². The molecule has 0 unspecified atom stereocenters. The Hall–Kier alpha value is -1.69. The van der Waals surface area contributed by atoms with E-state index in [1.54, 1.807) is 9.80 Å². The van der Waals surface area contributed by atoms with Crippen LogP contribution in [0.25, 0.3) is 0 Å². The second-order valence-electron chi connectivity index (χ2n) is 4.02. The third-order valence-corrected chi connectivity index (χ3v) is 3.05. The summed E-state index contributed by atoms with van der Waals surface area (Å²) in [4.78, 5) is 34.4. The van der Waals surface area contributed by atoms with Gasteiger partial charge in [0.05, 0.1) is 12.4 Å². The number of carbonyl (C=O) groups is 2. The van der Waals surface area contributed by atoms with Crippen LogP contribution in [0, 0.1) is 0 Å². The zero-order chi connectivity index (χ0) is 13.1. The Kier molecular flexibility index (Phi) is 3.76. The molecule has 0 aliphatic carbocycles. The summed E-state index contributed by atoms with van der Waals surface area (Å²) in [7, 11) is 0. The third-order valence-electron chi connectivity index (χ3n) is 2.85. The molecule has 1 aromatic rings. The predicted octanol–water partition coefficient (Wildman–Crippen LogP) is 0.434. The quantitative estimate of drug-likeness (QED) is 0.741. The molecule has 0 N–H and O–H groups in total. The molecule has 7 heteroatoms. The molecule has 0 atom stereocenters. The molecule has 1 saturated heterocycles. The second-order valence-corrected chi connectivity index (χ2v) is 4.41. The minimum absolute atomic E-state index is 0.0355. The van der Waals surface area contributed by atoms with E-state index in [0.29, 0.717) is 26.2 Å². The first kappa shape index (κ1) is 12.8. The van der Waals surface area contributed by atoms with Crippen LogP contribution in [-0.2, 0) is 4.79 Å². The zero-order valence-electron chi connectivity index (χ0n) is 9.97. The summed E-state index contributed by atoms with van der Waals surface area (Å²) in [5, 5.41) is 0.257. The topological polar surface area (TPSA) is 66.4 Å². The van der Waals surface area contributed by atoms with Crippen LogP contribution >= 0.6 is 11.6 Å². The van der Waals surface area contributed by atoms with E-state index in [9.17, 15) is 9.59 Å². The van der Waals surface area contributed by atoms with Crippen LogP contribution in [0.5, 0.6) is 0 Å². The standard InChI is InChI=1S/C11H13ClN4O2/c1-8(17)15-2-4-16(5-3-15)11(18)9-6-14-10(12)7-13-9/h6-7H,2-5H2,1H3. The molecule has 1 aliphatic rings. The summed E-state index contributed by atoms with van der Waals surface area (Å²) in [5.41, 5.74) is 0.274. The first-order chi connectivity index (χ1) is 8.58. The van der Waals surface area contributed by atoms with Crippen molar-refractivity contribution in [1.82, 2.24) is 19.8 Å². The van der Waals surface area contributed by atoms with Crippen molar-refractivity contribution in [2.45, 2.75) is 6.92 Å². The minimum atomic E-state index is -0.178. The highest BCUT2D eigenvalue weighted by Gasteiger charge is 2.23. The molecule has 2 amide bonds. The molecule has 2 rings (SSSR count). The number of hydrogen-bond acceptors (Lipinski definition) is 4. The fraction of sp³-hybridized carbons (Fsp3) is 0.455. The van der Waals surface area contributed by atoms with Gasteiger partial charge in [-0.3, -0.25) is 9.59 Å². The first-order valence-electron chi connectivity index (χ1n) is 5.60. The maximum atomic E-state index is 12.1. The molecule has 0 bridgehead atoms. The summed E-state index contributed by atoms with van der Waals surface area (Å²) >= 11 is 5.61. The fourth-order valence-electron chi connectivity index (χ4n) is 1.81. The van der Waals surface area contributed by atoms with Gasteiger partial charge in [-0.25, -0.2) is 9.97 Å². The van der Waals surface area contributed by atoms with Crippen LogP contribution < -0.4 is 0 Å². The smallest absolute Gasteiger partial charge is 0.274 e. The van der Waals surface area contributed by atoms with Gasteiger partial charge in [0, 0.05) is 33.1 Å². The minimum Gasteiger partial charge on any atom is -0.339 e. The Morgan fingerprint density at radius 1 is 1.11 bits per heavy atom. The van der Waals surface area contributed by atoms with E-state index >= 15 is 0 Å². The number of nitrogens with zero attached hydrogens (tertiary/aromatic N) is 4. The number of piperazine rings is 1. The molecule has 0 saturated carbocycles. The van der Waals surface area contributed by atoms with Gasteiger partial charge >= 0.3 is 0 Å². The maximum Gasteiger partial charge on any atom is 0.274 e. The van der Waals surface area contributed by atoms with Gasteiger partial charge in [0.2, 0.25) is 5.91 Å². The van der Waals surface area contributed by atoms with E-state index in [1.807, 2.05) is 0 Å². The number of carbonyl (C=O) groups excluding carboxylic acids is 2. The summed E-state index contributed by atoms with van der Waals surface area (Å²) in [5.74, 6) is -0.143. The Labute approximate surface area is 110 Å². The largest absolute Gasteiger partial charge is 0.339 e. The van der Waals surface area contributed by atoms with Crippen LogP contribution in [0.3, 0.4) is 0 Å². The van der Waals surface area contributed by atoms with E-state index in [0.717, 1.165) is 0 Å². The molecule has 1 aliphatic heterocycles. The molecule has 18 heavy (non-hydrogen) atoms. The van der Waals surface area contributed by atoms with Crippen LogP contribution in [0.1, 0.15) is 17.4 Å². The van der Waals surface area contributed by atoms with E-state index in [-0.39, 0.29) is 22.7 Å². The van der Waals surface area contributed by atoms with Crippen LogP contribution in [0.2, 0.25) is 5.15 Å². The number of aromatic nitrogens is 2. The molecular weight excluding hydrogens is 256 g/mol. The molecule has 1 aromatic heterocycles. The molecule has 2 heterocycles. The van der Waals surface area contributed by atoms with Gasteiger partial charge in [0.1, 0.15) is 10.8 Å². The number of hydrogen-bond donors (Lipinski definition) is 0. The van der Waals surface area contributed by atoms with Crippen LogP contribution in [-0.4, -0.2) is 57.8 Å². The summed E-state index contributed by atoms with van der Waals surface area (Å²) < 4.78 is 0. The van der Waals surface area contributed by atoms with Gasteiger partial charge < -0.3 is 9.80 Å². The van der Waals surface area contributed by atoms with E-state index in [1.165, 1.54) is 19.3 Å². The average molecular weight is 269 g/mol. The van der Waals surface area contributed by atoms with Crippen molar-refractivity contribution in [2.75, 3.05) is 26.2 Å². The van der Waals surface area contributed by atoms with Crippen molar-refractivity contribution in [2.24, 2.45) is 0 Å². The van der Waals surface area contributed by atoms with Crippen LogP contribution in [0.15, 0.2) is 12.4 Å². The van der Waals surface area contributed by atoms with E-state index in [4.69, 9.17) is 11.6 Å². The molecule has 96 valence electrons. The highest BCUT2D eigenvalue weighted by Crippen LogP contribution is 2.08. The molecular formula is C11H13ClN4O2. The van der Waals surface area contributed by atoms with Gasteiger partial charge in [0.15, 0.2) is 0 Å². The van der Waals surface area contributed by atoms with Crippen LogP contribution in [0.4, 0.5) is 0 Å². The lowest BCUT2D eigenvalue weighted by Gasteiger charge is -2.33. The Bertz CT molecular complexity index is 455. The van der Waals surface area contributed by atoms with Gasteiger partial charge in [-0.2, -0.15) is 0 Å². The first-order valence-corrected chi connectivity index (χ1v) is 5.98. The lowest BCUT2D eigenvalue weighted by molar-refractivity contribution is -0.130. The van der Waals surface area contributed by atoms with Crippen molar-refractivity contribution in [3.63, 3.8) is 0 Å². The molecule has 0 aromatic carbocycles. The number of rotatable bonds is 1. The molecule has 0 radical (unpaired) electrons. The Morgan fingerprint density at radius 3 is 2.22 bits per heavy atom. The fourth-order valence-corrected chi connectivity index (χ4v) is 1.91. The van der Waals surface area contributed by atoms with Crippen molar-refractivity contribution < 1.29 is 9.59 Å². The Balaban J connectivity index is 1.99. The number of amides is 2. The summed E-state index contributed by atoms with van der Waals surface area (Å²) in [6.07, 6.45) is 2.71. The summed E-state index contributed by atoms with van der Waals surface area (Å²) in [6, 6.07) is 0. The van der Waals surface area contributed by atoms with E-state index < -0.39 is 0 Å². The molecule has 6 nitrogen and oxygen atoms in total. The molecule has 1 fully saturated rings. The SMILES string of the molecule is CC(=O)N1CCN(C(=O)c2cnc(Cl)cn2)CC1. The zero-order valence-corrected chi connectivity index (χ0v) is 10.7. The lowest BCUT2D eigenvalue weighted by Crippen LogP contribution is -2.50. The van der Waals surface area contributed by atoms with Gasteiger partial charge in [-0.15, -0.1) is 0 Å². The normalized spacial score (nSPS) is 15.7. The highest BCUT2D eigenvalue weighted by atomic mass is 35.5. The number of halogens is 1. The Morgan fingerprint density at radius 2 is 1.72 bits per heavy atom. The average Bonchev–Trinajstić information content (AvgIpc) is 2.39. The maximum absolute atomic E-state index is 12.1. The third kappa shape index (κ3) is 2.76. The lowest BCUT2D eigenvalue weighted by atomic mass is 10.3. The van der Waals surface area contributed by atoms with Gasteiger partial charge in [-0.05, 0) is 0 Å². The second kappa shape index (κ2) is 5.30. The van der Waals surface area contributed by atoms with Crippen molar-refractivity contribution in [3.8, 4) is 0 Å². The van der Waals surface area contributed by atoms with E-state index in [2.05, 4.69) is 9.97 Å². The highest BCUT2D eigenvalue weighted by molar-refractivity contribution is 6.29. The molecule has 0 spiro atoms. The van der Waals surface area contributed by atoms with Gasteiger partial charge in [0.25, 0.3) is 5.91 Å². The van der Waals surface area contributed by atoms with Crippen molar-refractivity contribution >= 4 is 23.4 Å². The van der Waals surface area contributed by atoms with Gasteiger partial charge in [-0.1, -0.05) is 11.6 Å². The predicted molar refractivity (Wildman–Crippen MR) is 65.2 cm³/mol.